The first-order valence-electron chi connectivity index (χ1n) is 5.89. The van der Waals surface area contributed by atoms with Crippen molar-refractivity contribution in [2.75, 3.05) is 7.11 Å². The van der Waals surface area contributed by atoms with Crippen LogP contribution in [0.15, 0.2) is 38.7 Å². The first-order valence-corrected chi connectivity index (χ1v) is 7.47. The third-order valence-corrected chi connectivity index (χ3v) is 4.58. The van der Waals surface area contributed by atoms with Crippen molar-refractivity contribution in [3.8, 4) is 11.5 Å². The number of nitrogens with zero attached hydrogens (tertiary/aromatic N) is 3. The van der Waals surface area contributed by atoms with Crippen LogP contribution in [0.5, 0.6) is 11.5 Å². The predicted octanol–water partition coefficient (Wildman–Crippen LogP) is 2.48. The van der Waals surface area contributed by atoms with E-state index in [0.717, 1.165) is 0 Å². The Morgan fingerprint density at radius 1 is 1.45 bits per heavy atom. The molecule has 1 heterocycles. The number of hydrogen-bond donors (Lipinski definition) is 2. The van der Waals surface area contributed by atoms with Gasteiger partial charge in [-0.1, -0.05) is 0 Å². The van der Waals surface area contributed by atoms with Gasteiger partial charge < -0.3 is 9.84 Å². The molecule has 0 saturated carbocycles. The van der Waals surface area contributed by atoms with Crippen LogP contribution in [-0.4, -0.2) is 34.3 Å². The highest BCUT2D eigenvalue weighted by Gasteiger charge is 2.14. The van der Waals surface area contributed by atoms with Gasteiger partial charge in [-0.2, -0.15) is 5.10 Å². The number of halogens is 2. The molecule has 1 aromatic carbocycles. The number of aromatic hydroxyl groups is 1. The summed E-state index contributed by atoms with van der Waals surface area (Å²) in [5, 5.41) is 13.9. The summed E-state index contributed by atoms with van der Waals surface area (Å²) >= 11 is 6.64. The molecule has 2 aromatic rings. The highest BCUT2D eigenvalue weighted by Crippen LogP contribution is 2.39. The van der Waals surface area contributed by atoms with Crippen LogP contribution in [0.25, 0.3) is 0 Å². The maximum atomic E-state index is 11.8. The molecule has 114 valence electrons. The van der Waals surface area contributed by atoms with Gasteiger partial charge in [0.15, 0.2) is 11.5 Å². The molecule has 0 bridgehead atoms. The summed E-state index contributed by atoms with van der Waals surface area (Å²) in [4.78, 5) is 19.4. The molecule has 1 aromatic heterocycles. The molecule has 9 heteroatoms. The van der Waals surface area contributed by atoms with Crippen LogP contribution < -0.4 is 10.2 Å². The fourth-order valence-electron chi connectivity index (χ4n) is 1.51. The Morgan fingerprint density at radius 3 is 2.86 bits per heavy atom. The average molecular weight is 430 g/mol. The fraction of sp³-hybridized carbons (Fsp3) is 0.0769. The largest absolute Gasteiger partial charge is 0.504 e. The van der Waals surface area contributed by atoms with E-state index < -0.39 is 5.91 Å². The van der Waals surface area contributed by atoms with E-state index in [9.17, 15) is 9.90 Å². The van der Waals surface area contributed by atoms with E-state index >= 15 is 0 Å². The molecule has 2 N–H and O–H groups in total. The number of benzene rings is 1. The number of phenols is 1. The highest BCUT2D eigenvalue weighted by atomic mass is 79.9. The summed E-state index contributed by atoms with van der Waals surface area (Å²) in [6, 6.07) is 1.61. The summed E-state index contributed by atoms with van der Waals surface area (Å²) in [7, 11) is 1.44. The summed E-state index contributed by atoms with van der Waals surface area (Å²) in [6.45, 7) is 0. The van der Waals surface area contributed by atoms with Gasteiger partial charge in [-0.15, -0.1) is 0 Å². The van der Waals surface area contributed by atoms with Crippen molar-refractivity contribution < 1.29 is 14.6 Å². The molecule has 0 aliphatic rings. The molecule has 7 nitrogen and oxygen atoms in total. The Labute approximate surface area is 142 Å². The lowest BCUT2D eigenvalue weighted by molar-refractivity contribution is 0.0949. The minimum absolute atomic E-state index is 0.102. The standard InChI is InChI=1S/C13H10Br2N4O3/c1-22-10-4-8(14)11(15)7(12(10)20)5-18-19-13(21)9-6-16-2-3-17-9/h2-6,20H,1H3,(H,19,21). The Kier molecular flexibility index (Phi) is 5.45. The lowest BCUT2D eigenvalue weighted by atomic mass is 10.2. The van der Waals surface area contributed by atoms with Crippen LogP contribution in [0.1, 0.15) is 16.1 Å². The Balaban J connectivity index is 2.20. The molecular weight excluding hydrogens is 420 g/mol. The highest BCUT2D eigenvalue weighted by molar-refractivity contribution is 9.13. The molecule has 0 atom stereocenters. The molecule has 1 amide bonds. The van der Waals surface area contributed by atoms with E-state index in [2.05, 4.69) is 52.4 Å². The zero-order chi connectivity index (χ0) is 16.1. The second kappa shape index (κ2) is 7.32. The predicted molar refractivity (Wildman–Crippen MR) is 87.2 cm³/mol. The van der Waals surface area contributed by atoms with Gasteiger partial charge >= 0.3 is 0 Å². The second-order valence-electron chi connectivity index (χ2n) is 3.93. The number of hydrazone groups is 1. The van der Waals surface area contributed by atoms with Crippen molar-refractivity contribution in [1.82, 2.24) is 15.4 Å². The Morgan fingerprint density at radius 2 is 2.23 bits per heavy atom. The number of amides is 1. The van der Waals surface area contributed by atoms with Crippen LogP contribution in [0, 0.1) is 0 Å². The molecule has 0 spiro atoms. The molecule has 0 aliphatic carbocycles. The number of methoxy groups -OCH3 is 1. The number of ether oxygens (including phenoxy) is 1. The van der Waals surface area contributed by atoms with Crippen LogP contribution >= 0.6 is 31.9 Å². The van der Waals surface area contributed by atoms with E-state index in [1.165, 1.54) is 31.9 Å². The molecule has 0 fully saturated rings. The summed E-state index contributed by atoms with van der Waals surface area (Å²) in [6.07, 6.45) is 5.48. The van der Waals surface area contributed by atoms with Crippen molar-refractivity contribution in [1.29, 1.82) is 0 Å². The SMILES string of the molecule is COc1cc(Br)c(Br)c(C=NNC(=O)c2cnccn2)c1O. The van der Waals surface area contributed by atoms with Crippen LogP contribution in [-0.2, 0) is 0 Å². The van der Waals surface area contributed by atoms with Gasteiger partial charge in [-0.25, -0.2) is 10.4 Å². The van der Waals surface area contributed by atoms with Crippen molar-refractivity contribution in [3.63, 3.8) is 0 Å². The first-order chi connectivity index (χ1) is 10.5. The molecule has 2 rings (SSSR count). The quantitative estimate of drug-likeness (QED) is 0.574. The van der Waals surface area contributed by atoms with E-state index in [1.807, 2.05) is 0 Å². The summed E-state index contributed by atoms with van der Waals surface area (Å²) in [5.74, 6) is -0.339. The fourth-order valence-corrected chi connectivity index (χ4v) is 2.34. The zero-order valence-electron chi connectivity index (χ0n) is 11.2. The lowest BCUT2D eigenvalue weighted by Crippen LogP contribution is -2.19. The molecular formula is C13H10Br2N4O3. The van der Waals surface area contributed by atoms with Gasteiger partial charge in [0.05, 0.1) is 25.1 Å². The molecule has 22 heavy (non-hydrogen) atoms. The number of rotatable bonds is 4. The number of carbonyl (C=O) groups is 1. The van der Waals surface area contributed by atoms with E-state index in [1.54, 1.807) is 6.07 Å². The smallest absolute Gasteiger partial charge is 0.291 e. The Hall–Kier alpha value is -2.00. The number of phenolic OH excluding ortho intramolecular Hbond substituents is 1. The maximum Gasteiger partial charge on any atom is 0.291 e. The third-order valence-electron chi connectivity index (χ3n) is 2.57. The van der Waals surface area contributed by atoms with Crippen molar-refractivity contribution in [2.24, 2.45) is 5.10 Å². The zero-order valence-corrected chi connectivity index (χ0v) is 14.4. The monoisotopic (exact) mass is 428 g/mol. The van der Waals surface area contributed by atoms with Gasteiger partial charge in [-0.05, 0) is 37.9 Å². The van der Waals surface area contributed by atoms with Crippen molar-refractivity contribution in [3.05, 3.63) is 44.9 Å². The van der Waals surface area contributed by atoms with Crippen LogP contribution in [0.3, 0.4) is 0 Å². The number of nitrogens with one attached hydrogen (secondary N) is 1. The normalized spacial score (nSPS) is 10.7. The summed E-state index contributed by atoms with van der Waals surface area (Å²) in [5.41, 5.74) is 2.79. The van der Waals surface area contributed by atoms with Crippen LogP contribution in [0.4, 0.5) is 0 Å². The van der Waals surface area contributed by atoms with Gasteiger partial charge in [-0.3, -0.25) is 9.78 Å². The topological polar surface area (TPSA) is 96.7 Å². The van der Waals surface area contributed by atoms with E-state index in [-0.39, 0.29) is 17.2 Å². The maximum absolute atomic E-state index is 11.8. The van der Waals surface area contributed by atoms with Gasteiger partial charge in [0.25, 0.3) is 5.91 Å². The van der Waals surface area contributed by atoms with Crippen molar-refractivity contribution >= 4 is 44.0 Å². The molecule has 0 radical (unpaired) electrons. The Bertz CT molecular complexity index is 723. The minimum atomic E-state index is -0.512. The number of carbonyl (C=O) groups excluding carboxylic acids is 1. The molecule has 0 unspecified atom stereocenters. The van der Waals surface area contributed by atoms with E-state index in [4.69, 9.17) is 4.74 Å². The molecule has 0 aliphatic heterocycles. The van der Waals surface area contributed by atoms with Gasteiger partial charge in [0.2, 0.25) is 0 Å². The number of aromatic nitrogens is 2. The van der Waals surface area contributed by atoms with Gasteiger partial charge in [0, 0.05) is 21.3 Å². The first kappa shape index (κ1) is 16.4. The lowest BCUT2D eigenvalue weighted by Gasteiger charge is -2.09. The molecule has 0 saturated heterocycles. The van der Waals surface area contributed by atoms with Crippen molar-refractivity contribution in [2.45, 2.75) is 0 Å². The average Bonchev–Trinajstić information content (AvgIpc) is 2.54. The minimum Gasteiger partial charge on any atom is -0.504 e. The van der Waals surface area contributed by atoms with Gasteiger partial charge in [0.1, 0.15) is 5.69 Å². The second-order valence-corrected chi connectivity index (χ2v) is 5.57. The number of hydrogen-bond acceptors (Lipinski definition) is 6. The third kappa shape index (κ3) is 3.60. The van der Waals surface area contributed by atoms with E-state index in [0.29, 0.717) is 14.5 Å². The summed E-state index contributed by atoms with van der Waals surface area (Å²) < 4.78 is 6.29. The van der Waals surface area contributed by atoms with Crippen LogP contribution in [0.2, 0.25) is 0 Å².